The summed E-state index contributed by atoms with van der Waals surface area (Å²) in [7, 11) is 0. The number of benzene rings is 2. The number of carbonyl (C=O) groups is 1. The molecule has 0 fully saturated rings. The molecule has 0 heterocycles. The van der Waals surface area contributed by atoms with Gasteiger partial charge in [-0.05, 0) is 56.2 Å². The molecular weight excluding hydrogens is 423 g/mol. The van der Waals surface area contributed by atoms with Crippen molar-refractivity contribution >= 4 is 5.97 Å². The summed E-state index contributed by atoms with van der Waals surface area (Å²) in [4.78, 5) is 11.9. The lowest BCUT2D eigenvalue weighted by Gasteiger charge is -2.16. The summed E-state index contributed by atoms with van der Waals surface area (Å²) in [6.45, 7) is 5.50. The zero-order valence-corrected chi connectivity index (χ0v) is 19.9. The van der Waals surface area contributed by atoms with Crippen LogP contribution in [-0.4, -0.2) is 30.9 Å². The van der Waals surface area contributed by atoms with Gasteiger partial charge in [-0.15, -0.1) is 0 Å². The van der Waals surface area contributed by atoms with Crippen LogP contribution in [0.2, 0.25) is 0 Å². The molecule has 0 aliphatic rings. The van der Waals surface area contributed by atoms with Gasteiger partial charge in [0, 0.05) is 24.6 Å². The Hall–Kier alpha value is -2.76. The Kier molecular flexibility index (Phi) is 12.2. The lowest BCUT2D eigenvalue weighted by atomic mass is 9.96. The van der Waals surface area contributed by atoms with Gasteiger partial charge in [0.25, 0.3) is 0 Å². The highest BCUT2D eigenvalue weighted by Gasteiger charge is 2.12. The average Bonchev–Trinajstić information content (AvgIpc) is 2.77. The lowest BCUT2D eigenvalue weighted by molar-refractivity contribution is -0.143. The molecule has 0 saturated carbocycles. The Morgan fingerprint density at radius 2 is 1.73 bits per heavy atom. The Labute approximate surface area is 196 Å². The van der Waals surface area contributed by atoms with Gasteiger partial charge < -0.3 is 19.3 Å². The molecule has 0 saturated heterocycles. The molecule has 2 aromatic rings. The fourth-order valence-corrected chi connectivity index (χ4v) is 3.64. The number of carbonyl (C=O) groups excluding carboxylic acids is 1. The lowest BCUT2D eigenvalue weighted by Crippen LogP contribution is -2.08. The van der Waals surface area contributed by atoms with E-state index in [1.165, 1.54) is 17.7 Å². The van der Waals surface area contributed by atoms with Gasteiger partial charge in [-0.25, -0.2) is 4.39 Å². The fourth-order valence-electron chi connectivity index (χ4n) is 3.64. The molecule has 0 amide bonds. The summed E-state index contributed by atoms with van der Waals surface area (Å²) in [5.41, 5.74) is 2.33. The van der Waals surface area contributed by atoms with Crippen molar-refractivity contribution in [3.63, 3.8) is 0 Å². The zero-order valence-electron chi connectivity index (χ0n) is 19.9. The fraction of sp³-hybridized carbons (Fsp3) is 0.519. The van der Waals surface area contributed by atoms with Crippen molar-refractivity contribution in [2.24, 2.45) is 0 Å². The summed E-state index contributed by atoms with van der Waals surface area (Å²) in [5.74, 6) is 0.392. The van der Waals surface area contributed by atoms with E-state index in [4.69, 9.17) is 14.2 Å². The molecule has 0 bridgehead atoms. The molecule has 2 rings (SSSR count). The van der Waals surface area contributed by atoms with Crippen molar-refractivity contribution in [2.45, 2.75) is 71.6 Å². The number of unbranched alkanes of at least 4 members (excludes halogenated alkanes) is 4. The maximum Gasteiger partial charge on any atom is 0.306 e. The highest BCUT2D eigenvalue weighted by Crippen LogP contribution is 2.26. The Balaban J connectivity index is 1.82. The second-order valence-electron chi connectivity index (χ2n) is 8.06. The van der Waals surface area contributed by atoms with E-state index < -0.39 is 5.82 Å². The number of ether oxygens (including phenoxy) is 3. The van der Waals surface area contributed by atoms with Crippen molar-refractivity contribution in [1.82, 2.24) is 0 Å². The molecule has 33 heavy (non-hydrogen) atoms. The molecule has 182 valence electrons. The van der Waals surface area contributed by atoms with Gasteiger partial charge >= 0.3 is 5.97 Å². The molecule has 0 radical (unpaired) electrons. The third kappa shape index (κ3) is 10.1. The number of phenolic OH excluding ortho intramolecular Hbond substituents is 1. The third-order valence-corrected chi connectivity index (χ3v) is 5.34. The zero-order chi connectivity index (χ0) is 23.9. The van der Waals surface area contributed by atoms with Crippen LogP contribution in [0.15, 0.2) is 36.4 Å². The van der Waals surface area contributed by atoms with E-state index in [2.05, 4.69) is 13.0 Å². The number of hydrogen-bond donors (Lipinski definition) is 1. The van der Waals surface area contributed by atoms with Crippen LogP contribution < -0.4 is 9.47 Å². The summed E-state index contributed by atoms with van der Waals surface area (Å²) < 4.78 is 29.9. The van der Waals surface area contributed by atoms with E-state index in [1.807, 2.05) is 19.1 Å². The second-order valence-corrected chi connectivity index (χ2v) is 8.06. The first-order valence-electron chi connectivity index (χ1n) is 12.0. The van der Waals surface area contributed by atoms with Crippen LogP contribution in [0.3, 0.4) is 0 Å². The van der Waals surface area contributed by atoms with Crippen LogP contribution in [0.1, 0.15) is 69.9 Å². The SMILES string of the molecule is CCCCOc1cccc(CCCCCCOc2cc(O)cc(F)c2)c1CCC(=O)OCC. The molecule has 0 aromatic heterocycles. The van der Waals surface area contributed by atoms with E-state index in [0.717, 1.165) is 62.3 Å². The predicted octanol–water partition coefficient (Wildman–Crippen LogP) is 6.39. The van der Waals surface area contributed by atoms with Crippen LogP contribution in [0.5, 0.6) is 17.2 Å². The summed E-state index contributed by atoms with van der Waals surface area (Å²) in [6, 6.07) is 9.86. The Bertz CT molecular complexity index is 832. The molecule has 0 aliphatic heterocycles. The normalized spacial score (nSPS) is 10.8. The molecular formula is C27H37FO5. The number of esters is 1. The first-order valence-corrected chi connectivity index (χ1v) is 12.0. The van der Waals surface area contributed by atoms with Gasteiger partial charge in [0.1, 0.15) is 23.1 Å². The molecule has 0 atom stereocenters. The summed E-state index contributed by atoms with van der Waals surface area (Å²) in [5, 5.41) is 9.42. The topological polar surface area (TPSA) is 65.0 Å². The minimum atomic E-state index is -0.510. The van der Waals surface area contributed by atoms with Crippen molar-refractivity contribution in [2.75, 3.05) is 19.8 Å². The largest absolute Gasteiger partial charge is 0.508 e. The number of rotatable bonds is 16. The van der Waals surface area contributed by atoms with E-state index in [0.29, 0.717) is 38.4 Å². The molecule has 0 aliphatic carbocycles. The highest BCUT2D eigenvalue weighted by atomic mass is 19.1. The van der Waals surface area contributed by atoms with Crippen LogP contribution in [0.25, 0.3) is 0 Å². The molecule has 0 unspecified atom stereocenters. The van der Waals surface area contributed by atoms with Gasteiger partial charge in [-0.3, -0.25) is 4.79 Å². The van der Waals surface area contributed by atoms with Crippen molar-refractivity contribution in [3.8, 4) is 17.2 Å². The standard InChI is InChI=1S/C27H37FO5/c1-3-5-16-33-26-13-10-12-21(25(26)14-15-27(30)31-4-2)11-8-6-7-9-17-32-24-19-22(28)18-23(29)20-24/h10,12-13,18-20,29H,3-9,11,14-17H2,1-2H3. The number of phenols is 1. The Morgan fingerprint density at radius 3 is 2.48 bits per heavy atom. The van der Waals surface area contributed by atoms with Crippen LogP contribution >= 0.6 is 0 Å². The van der Waals surface area contributed by atoms with E-state index in [1.54, 1.807) is 0 Å². The van der Waals surface area contributed by atoms with Crippen molar-refractivity contribution in [1.29, 1.82) is 0 Å². The first-order chi connectivity index (χ1) is 16.0. The number of halogens is 1. The molecule has 1 N–H and O–H groups in total. The van der Waals surface area contributed by atoms with Gasteiger partial charge in [-0.2, -0.15) is 0 Å². The first kappa shape index (κ1) is 26.5. The van der Waals surface area contributed by atoms with E-state index in [-0.39, 0.29) is 11.7 Å². The smallest absolute Gasteiger partial charge is 0.306 e. The summed E-state index contributed by atoms with van der Waals surface area (Å²) >= 11 is 0. The van der Waals surface area contributed by atoms with Crippen LogP contribution in [0, 0.1) is 5.82 Å². The third-order valence-electron chi connectivity index (χ3n) is 5.34. The monoisotopic (exact) mass is 460 g/mol. The number of aryl methyl sites for hydroxylation is 1. The van der Waals surface area contributed by atoms with Crippen LogP contribution in [-0.2, 0) is 22.4 Å². The molecule has 0 spiro atoms. The van der Waals surface area contributed by atoms with Crippen LogP contribution in [0.4, 0.5) is 4.39 Å². The molecule has 6 heteroatoms. The number of aromatic hydroxyl groups is 1. The maximum atomic E-state index is 13.3. The van der Waals surface area contributed by atoms with Gasteiger partial charge in [0.15, 0.2) is 0 Å². The van der Waals surface area contributed by atoms with E-state index >= 15 is 0 Å². The van der Waals surface area contributed by atoms with Crippen molar-refractivity contribution in [3.05, 3.63) is 53.3 Å². The minimum absolute atomic E-state index is 0.135. The number of hydrogen-bond acceptors (Lipinski definition) is 5. The maximum absolute atomic E-state index is 13.3. The highest BCUT2D eigenvalue weighted by molar-refractivity contribution is 5.70. The van der Waals surface area contributed by atoms with Gasteiger partial charge in [0.2, 0.25) is 0 Å². The van der Waals surface area contributed by atoms with Gasteiger partial charge in [0.05, 0.1) is 19.8 Å². The molecule has 5 nitrogen and oxygen atoms in total. The van der Waals surface area contributed by atoms with Gasteiger partial charge in [-0.1, -0.05) is 38.3 Å². The Morgan fingerprint density at radius 1 is 0.939 bits per heavy atom. The predicted molar refractivity (Wildman–Crippen MR) is 128 cm³/mol. The molecule has 2 aromatic carbocycles. The average molecular weight is 461 g/mol. The van der Waals surface area contributed by atoms with E-state index in [9.17, 15) is 14.3 Å². The minimum Gasteiger partial charge on any atom is -0.508 e. The van der Waals surface area contributed by atoms with Crippen molar-refractivity contribution < 1.29 is 28.5 Å². The summed E-state index contributed by atoms with van der Waals surface area (Å²) in [6.07, 6.45) is 7.86. The second kappa shape index (κ2) is 15.1. The quantitative estimate of drug-likeness (QED) is 0.232.